The summed E-state index contributed by atoms with van der Waals surface area (Å²) >= 11 is 0. The summed E-state index contributed by atoms with van der Waals surface area (Å²) in [5, 5.41) is 20.7. The Balaban J connectivity index is 1.56. The second-order valence-electron chi connectivity index (χ2n) is 6.27. The van der Waals surface area contributed by atoms with E-state index >= 15 is 0 Å². The molecule has 0 bridgehead atoms. The fraction of sp³-hybridized carbons (Fsp3) is 0.150. The lowest BCUT2D eigenvalue weighted by molar-refractivity contribution is 0.0949. The Hall–Kier alpha value is -3.41. The van der Waals surface area contributed by atoms with Crippen LogP contribution in [0, 0.1) is 0 Å². The van der Waals surface area contributed by atoms with Crippen LogP contribution in [0.5, 0.6) is 5.75 Å². The number of fused-ring (bicyclic) bond motifs is 3. The highest BCUT2D eigenvalue weighted by molar-refractivity contribution is 6.01. The van der Waals surface area contributed by atoms with E-state index < -0.39 is 0 Å². The van der Waals surface area contributed by atoms with Crippen molar-refractivity contribution in [1.82, 2.24) is 15.6 Å². The summed E-state index contributed by atoms with van der Waals surface area (Å²) in [5.74, 6) is -0.119. The molecule has 6 heteroatoms. The van der Waals surface area contributed by atoms with Crippen LogP contribution in [0.1, 0.15) is 34.1 Å². The van der Waals surface area contributed by atoms with Crippen molar-refractivity contribution in [2.75, 3.05) is 0 Å². The smallest absolute Gasteiger partial charge is 0.289 e. The monoisotopic (exact) mass is 346 g/mol. The van der Waals surface area contributed by atoms with Crippen molar-refractivity contribution in [3.05, 3.63) is 70.9 Å². The molecule has 0 aliphatic heterocycles. The number of nitrogens with zero attached hydrogens (tertiary/aromatic N) is 2. The number of aromatic amines is 1. The second kappa shape index (κ2) is 6.48. The number of carbonyl (C=O) groups is 1. The van der Waals surface area contributed by atoms with E-state index in [0.717, 1.165) is 35.2 Å². The summed E-state index contributed by atoms with van der Waals surface area (Å²) in [6.07, 6.45) is 1.66. The zero-order chi connectivity index (χ0) is 18.1. The van der Waals surface area contributed by atoms with Gasteiger partial charge in [0.1, 0.15) is 11.4 Å². The lowest BCUT2D eigenvalue weighted by atomic mass is 9.89. The molecule has 0 saturated carbocycles. The molecule has 6 nitrogen and oxygen atoms in total. The summed E-state index contributed by atoms with van der Waals surface area (Å²) in [7, 11) is 0. The van der Waals surface area contributed by atoms with Gasteiger partial charge in [-0.2, -0.15) is 10.2 Å². The van der Waals surface area contributed by atoms with E-state index in [-0.39, 0.29) is 11.7 Å². The molecule has 0 fully saturated rings. The molecular formula is C20H18N4O2. The minimum atomic E-state index is -0.309. The molecule has 1 aliphatic rings. The molecule has 130 valence electrons. The first-order valence-corrected chi connectivity index (χ1v) is 8.43. The Bertz CT molecular complexity index is 1000. The van der Waals surface area contributed by atoms with Gasteiger partial charge >= 0.3 is 0 Å². The Morgan fingerprint density at radius 1 is 1.15 bits per heavy atom. The van der Waals surface area contributed by atoms with E-state index in [1.165, 1.54) is 5.56 Å². The average molecular weight is 346 g/mol. The Kier molecular flexibility index (Phi) is 4.01. The first-order valence-electron chi connectivity index (χ1n) is 8.43. The van der Waals surface area contributed by atoms with Crippen molar-refractivity contribution >= 4 is 11.6 Å². The van der Waals surface area contributed by atoms with Gasteiger partial charge in [-0.1, -0.05) is 24.3 Å². The van der Waals surface area contributed by atoms with Crippen LogP contribution in [-0.4, -0.2) is 26.9 Å². The van der Waals surface area contributed by atoms with Crippen molar-refractivity contribution < 1.29 is 9.90 Å². The first kappa shape index (κ1) is 16.1. The Morgan fingerprint density at radius 3 is 2.73 bits per heavy atom. The maximum Gasteiger partial charge on any atom is 0.289 e. The number of aryl methyl sites for hydroxylation is 1. The zero-order valence-corrected chi connectivity index (χ0v) is 14.3. The molecule has 0 atom stereocenters. The van der Waals surface area contributed by atoms with Crippen LogP contribution >= 0.6 is 0 Å². The van der Waals surface area contributed by atoms with Crippen LogP contribution < -0.4 is 5.43 Å². The molecule has 1 amide bonds. The normalized spacial score (nSPS) is 13.0. The molecular weight excluding hydrogens is 328 g/mol. The van der Waals surface area contributed by atoms with Gasteiger partial charge in [0.25, 0.3) is 5.91 Å². The molecule has 0 spiro atoms. The molecule has 1 aromatic heterocycles. The minimum absolute atomic E-state index is 0.190. The summed E-state index contributed by atoms with van der Waals surface area (Å²) in [5.41, 5.74) is 8.61. The van der Waals surface area contributed by atoms with Gasteiger partial charge in [-0.15, -0.1) is 0 Å². The number of benzene rings is 2. The predicted octanol–water partition coefficient (Wildman–Crippen LogP) is 3.03. The summed E-state index contributed by atoms with van der Waals surface area (Å²) < 4.78 is 0. The molecule has 26 heavy (non-hydrogen) atoms. The van der Waals surface area contributed by atoms with Gasteiger partial charge in [0, 0.05) is 11.1 Å². The van der Waals surface area contributed by atoms with Gasteiger partial charge in [-0.3, -0.25) is 9.89 Å². The highest BCUT2D eigenvalue weighted by Gasteiger charge is 2.24. The fourth-order valence-corrected chi connectivity index (χ4v) is 3.21. The third-order valence-corrected chi connectivity index (χ3v) is 4.62. The number of phenols is 1. The van der Waals surface area contributed by atoms with E-state index in [0.29, 0.717) is 11.4 Å². The largest absolute Gasteiger partial charge is 0.508 e. The van der Waals surface area contributed by atoms with Gasteiger partial charge in [0.05, 0.1) is 11.4 Å². The number of hydrogen-bond donors (Lipinski definition) is 3. The number of hydrogen-bond acceptors (Lipinski definition) is 4. The SMILES string of the molecule is C/C(=N\NC(=O)c1[nH]nc2c1CCc1ccccc1-2)c1ccc(O)cc1. The van der Waals surface area contributed by atoms with Gasteiger partial charge in [0.15, 0.2) is 0 Å². The topological polar surface area (TPSA) is 90.4 Å². The van der Waals surface area contributed by atoms with Gasteiger partial charge in [0.2, 0.25) is 0 Å². The summed E-state index contributed by atoms with van der Waals surface area (Å²) in [6, 6.07) is 14.8. The van der Waals surface area contributed by atoms with Crippen LogP contribution in [0.25, 0.3) is 11.3 Å². The molecule has 0 saturated heterocycles. The number of carbonyl (C=O) groups excluding carboxylic acids is 1. The second-order valence-corrected chi connectivity index (χ2v) is 6.27. The summed E-state index contributed by atoms with van der Waals surface area (Å²) in [4.78, 5) is 12.6. The van der Waals surface area contributed by atoms with E-state index in [1.54, 1.807) is 31.2 Å². The predicted molar refractivity (Wildman–Crippen MR) is 99.2 cm³/mol. The number of nitrogens with one attached hydrogen (secondary N) is 2. The Labute approximate surface area is 150 Å². The maximum atomic E-state index is 12.6. The van der Waals surface area contributed by atoms with Crippen molar-refractivity contribution in [2.24, 2.45) is 5.10 Å². The van der Waals surface area contributed by atoms with Gasteiger partial charge < -0.3 is 5.11 Å². The number of phenolic OH excluding ortho intramolecular Hbond substituents is 1. The summed E-state index contributed by atoms with van der Waals surface area (Å²) in [6.45, 7) is 1.80. The van der Waals surface area contributed by atoms with Crippen LogP contribution in [0.15, 0.2) is 53.6 Å². The standard InChI is InChI=1S/C20H18N4O2/c1-12(13-6-9-15(25)10-7-13)21-24-20(26)19-17-11-8-14-4-2-3-5-16(14)18(17)22-23-19/h2-7,9-10,25H,8,11H2,1H3,(H,22,23)(H,24,26)/b21-12+. The quantitative estimate of drug-likeness (QED) is 0.503. The highest BCUT2D eigenvalue weighted by Crippen LogP contribution is 2.33. The zero-order valence-electron chi connectivity index (χ0n) is 14.3. The molecule has 1 heterocycles. The molecule has 0 radical (unpaired) electrons. The van der Waals surface area contributed by atoms with Crippen LogP contribution in [0.2, 0.25) is 0 Å². The van der Waals surface area contributed by atoms with Crippen LogP contribution in [-0.2, 0) is 12.8 Å². The number of aromatic hydroxyl groups is 1. The number of amides is 1. The van der Waals surface area contributed by atoms with Crippen molar-refractivity contribution in [3.8, 4) is 17.0 Å². The van der Waals surface area contributed by atoms with E-state index in [1.807, 2.05) is 18.2 Å². The van der Waals surface area contributed by atoms with Crippen molar-refractivity contribution in [3.63, 3.8) is 0 Å². The highest BCUT2D eigenvalue weighted by atomic mass is 16.3. The molecule has 0 unspecified atom stereocenters. The number of aromatic nitrogens is 2. The van der Waals surface area contributed by atoms with Crippen molar-refractivity contribution in [1.29, 1.82) is 0 Å². The average Bonchev–Trinajstić information content (AvgIpc) is 3.11. The maximum absolute atomic E-state index is 12.6. The van der Waals surface area contributed by atoms with Crippen LogP contribution in [0.3, 0.4) is 0 Å². The number of hydrazone groups is 1. The molecule has 3 N–H and O–H groups in total. The lowest BCUT2D eigenvalue weighted by Crippen LogP contribution is -2.21. The molecule has 1 aliphatic carbocycles. The Morgan fingerprint density at radius 2 is 1.92 bits per heavy atom. The fourth-order valence-electron chi connectivity index (χ4n) is 3.21. The van der Waals surface area contributed by atoms with E-state index in [9.17, 15) is 9.90 Å². The van der Waals surface area contributed by atoms with Crippen LogP contribution in [0.4, 0.5) is 0 Å². The molecule has 2 aromatic carbocycles. The molecule has 3 aromatic rings. The number of H-pyrrole nitrogens is 1. The van der Waals surface area contributed by atoms with E-state index in [2.05, 4.69) is 26.8 Å². The van der Waals surface area contributed by atoms with Gasteiger partial charge in [-0.25, -0.2) is 5.43 Å². The van der Waals surface area contributed by atoms with Gasteiger partial charge in [-0.05, 0) is 55.2 Å². The third-order valence-electron chi connectivity index (χ3n) is 4.62. The van der Waals surface area contributed by atoms with E-state index in [4.69, 9.17) is 0 Å². The molecule has 4 rings (SSSR count). The number of rotatable bonds is 3. The first-order chi connectivity index (χ1) is 12.6. The third kappa shape index (κ3) is 2.86. The minimum Gasteiger partial charge on any atom is -0.508 e. The lowest BCUT2D eigenvalue weighted by Gasteiger charge is -2.15. The van der Waals surface area contributed by atoms with Crippen molar-refractivity contribution in [2.45, 2.75) is 19.8 Å².